The van der Waals surface area contributed by atoms with Crippen LogP contribution in [0.1, 0.15) is 0 Å². The number of nitrogens with two attached hydrogens (primary N) is 1. The molecule has 2 aromatic rings. The summed E-state index contributed by atoms with van der Waals surface area (Å²) in [6, 6.07) is 10.6. The molecule has 0 radical (unpaired) electrons. The Morgan fingerprint density at radius 3 is 2.40 bits per heavy atom. The zero-order valence-corrected chi connectivity index (χ0v) is 12.2. The van der Waals surface area contributed by atoms with Gasteiger partial charge in [0.25, 0.3) is 10.0 Å². The molecule has 0 saturated carbocycles. The van der Waals surface area contributed by atoms with Crippen LogP contribution in [0.4, 0.5) is 11.4 Å². The number of nitrogen functional groups attached to an aromatic ring is 1. The number of hydrogen-bond acceptors (Lipinski definition) is 4. The number of sulfonamides is 1. The van der Waals surface area contributed by atoms with Crippen molar-refractivity contribution >= 4 is 33.0 Å². The fourth-order valence-corrected chi connectivity index (χ4v) is 2.87. The van der Waals surface area contributed by atoms with E-state index >= 15 is 0 Å². The van der Waals surface area contributed by atoms with Gasteiger partial charge in [0.05, 0.1) is 22.7 Å². The lowest BCUT2D eigenvalue weighted by molar-refractivity contribution is 0.414. The Hall–Kier alpha value is -1.92. The normalized spacial score (nSPS) is 11.1. The Morgan fingerprint density at radius 1 is 1.15 bits per heavy atom. The van der Waals surface area contributed by atoms with Gasteiger partial charge in [-0.05, 0) is 42.5 Å². The number of nitrogens with one attached hydrogen (secondary N) is 1. The molecule has 0 unspecified atom stereocenters. The molecule has 0 aliphatic heterocycles. The zero-order chi connectivity index (χ0) is 14.8. The monoisotopic (exact) mass is 312 g/mol. The number of rotatable bonds is 4. The van der Waals surface area contributed by atoms with Crippen LogP contribution in [-0.2, 0) is 10.0 Å². The van der Waals surface area contributed by atoms with Crippen LogP contribution in [0.15, 0.2) is 47.4 Å². The molecule has 106 valence electrons. The zero-order valence-electron chi connectivity index (χ0n) is 10.6. The summed E-state index contributed by atoms with van der Waals surface area (Å²) in [6.45, 7) is 0. The molecule has 0 bridgehead atoms. The van der Waals surface area contributed by atoms with Gasteiger partial charge in [-0.15, -0.1) is 0 Å². The Balaban J connectivity index is 2.32. The molecule has 20 heavy (non-hydrogen) atoms. The second-order valence-corrected chi connectivity index (χ2v) is 6.11. The van der Waals surface area contributed by atoms with Gasteiger partial charge >= 0.3 is 0 Å². The number of halogens is 1. The predicted octanol–water partition coefficient (Wildman–Crippen LogP) is 2.73. The van der Waals surface area contributed by atoms with E-state index in [0.717, 1.165) is 0 Å². The van der Waals surface area contributed by atoms with Crippen molar-refractivity contribution in [3.63, 3.8) is 0 Å². The summed E-state index contributed by atoms with van der Waals surface area (Å²) >= 11 is 5.93. The lowest BCUT2D eigenvalue weighted by Crippen LogP contribution is -2.13. The first-order valence-electron chi connectivity index (χ1n) is 5.64. The van der Waals surface area contributed by atoms with Gasteiger partial charge in [-0.1, -0.05) is 11.6 Å². The first kappa shape index (κ1) is 14.5. The smallest absolute Gasteiger partial charge is 0.261 e. The van der Waals surface area contributed by atoms with Crippen LogP contribution >= 0.6 is 11.6 Å². The van der Waals surface area contributed by atoms with Crippen molar-refractivity contribution in [2.75, 3.05) is 17.6 Å². The molecule has 0 aliphatic rings. The van der Waals surface area contributed by atoms with E-state index in [0.29, 0.717) is 11.4 Å². The van der Waals surface area contributed by atoms with Crippen LogP contribution in [0.25, 0.3) is 0 Å². The molecule has 7 heteroatoms. The van der Waals surface area contributed by atoms with Crippen LogP contribution in [0.5, 0.6) is 5.75 Å². The third-order valence-electron chi connectivity index (χ3n) is 2.60. The Bertz CT molecular complexity index is 715. The SMILES string of the molecule is COc1ccc(S(=O)(=O)Nc2cc(N)ccc2Cl)cc1. The summed E-state index contributed by atoms with van der Waals surface area (Å²) in [5.41, 5.74) is 6.27. The van der Waals surface area contributed by atoms with Crippen molar-refractivity contribution < 1.29 is 13.2 Å². The fourth-order valence-electron chi connectivity index (χ4n) is 1.58. The van der Waals surface area contributed by atoms with E-state index in [4.69, 9.17) is 22.1 Å². The van der Waals surface area contributed by atoms with E-state index in [9.17, 15) is 8.42 Å². The van der Waals surface area contributed by atoms with Crippen molar-refractivity contribution in [3.05, 3.63) is 47.5 Å². The lowest BCUT2D eigenvalue weighted by atomic mass is 10.3. The molecule has 0 spiro atoms. The molecule has 3 N–H and O–H groups in total. The van der Waals surface area contributed by atoms with E-state index in [1.165, 1.54) is 31.4 Å². The van der Waals surface area contributed by atoms with E-state index in [2.05, 4.69) is 4.72 Å². The van der Waals surface area contributed by atoms with Crippen LogP contribution in [0.3, 0.4) is 0 Å². The van der Waals surface area contributed by atoms with Gasteiger partial charge < -0.3 is 10.5 Å². The van der Waals surface area contributed by atoms with E-state index in [-0.39, 0.29) is 15.6 Å². The largest absolute Gasteiger partial charge is 0.497 e. The van der Waals surface area contributed by atoms with Crippen molar-refractivity contribution in [1.82, 2.24) is 0 Å². The highest BCUT2D eigenvalue weighted by Gasteiger charge is 2.15. The van der Waals surface area contributed by atoms with Gasteiger partial charge in [-0.25, -0.2) is 8.42 Å². The summed E-state index contributed by atoms with van der Waals surface area (Å²) in [5.74, 6) is 0.575. The minimum Gasteiger partial charge on any atom is -0.497 e. The minimum absolute atomic E-state index is 0.108. The maximum Gasteiger partial charge on any atom is 0.261 e. The number of methoxy groups -OCH3 is 1. The van der Waals surface area contributed by atoms with E-state index < -0.39 is 10.0 Å². The van der Waals surface area contributed by atoms with Gasteiger partial charge in [-0.2, -0.15) is 0 Å². The average Bonchev–Trinajstić information content (AvgIpc) is 2.43. The molecule has 0 atom stereocenters. The maximum atomic E-state index is 12.2. The third kappa shape index (κ3) is 3.15. The summed E-state index contributed by atoms with van der Waals surface area (Å²) in [5, 5.41) is 0.274. The molecule has 5 nitrogen and oxygen atoms in total. The summed E-state index contributed by atoms with van der Waals surface area (Å²) in [7, 11) is -2.21. The van der Waals surface area contributed by atoms with Gasteiger partial charge in [0.2, 0.25) is 0 Å². The van der Waals surface area contributed by atoms with Crippen molar-refractivity contribution in [1.29, 1.82) is 0 Å². The van der Waals surface area contributed by atoms with Crippen molar-refractivity contribution in [2.24, 2.45) is 0 Å². The Kier molecular flexibility index (Phi) is 4.06. The molecule has 2 rings (SSSR count). The summed E-state index contributed by atoms with van der Waals surface area (Å²) in [4.78, 5) is 0.108. The molecule has 0 aliphatic carbocycles. The fraction of sp³-hybridized carbons (Fsp3) is 0.0769. The standard InChI is InChI=1S/C13H13ClN2O3S/c1-19-10-3-5-11(6-4-10)20(17,18)16-13-8-9(15)2-7-12(13)14/h2-8,16H,15H2,1H3. The molecule has 0 fully saturated rings. The maximum absolute atomic E-state index is 12.2. The minimum atomic E-state index is -3.72. The topological polar surface area (TPSA) is 81.4 Å². The van der Waals surface area contributed by atoms with E-state index in [1.54, 1.807) is 18.2 Å². The van der Waals surface area contributed by atoms with Crippen LogP contribution < -0.4 is 15.2 Å². The number of anilines is 2. The molecule has 0 saturated heterocycles. The first-order chi connectivity index (χ1) is 9.42. The van der Waals surface area contributed by atoms with Crippen molar-refractivity contribution in [2.45, 2.75) is 4.90 Å². The predicted molar refractivity (Wildman–Crippen MR) is 79.7 cm³/mol. The van der Waals surface area contributed by atoms with Crippen LogP contribution in [0.2, 0.25) is 5.02 Å². The molecule has 0 aromatic heterocycles. The second-order valence-electron chi connectivity index (χ2n) is 4.02. The highest BCUT2D eigenvalue weighted by molar-refractivity contribution is 7.92. The van der Waals surface area contributed by atoms with Gasteiger partial charge in [0, 0.05) is 5.69 Å². The van der Waals surface area contributed by atoms with Crippen LogP contribution in [-0.4, -0.2) is 15.5 Å². The third-order valence-corrected chi connectivity index (χ3v) is 4.32. The molecule has 0 amide bonds. The second kappa shape index (κ2) is 5.60. The molecular formula is C13H13ClN2O3S. The highest BCUT2D eigenvalue weighted by Crippen LogP contribution is 2.27. The lowest BCUT2D eigenvalue weighted by Gasteiger charge is -2.10. The van der Waals surface area contributed by atoms with Gasteiger partial charge in [-0.3, -0.25) is 4.72 Å². The first-order valence-corrected chi connectivity index (χ1v) is 7.50. The number of hydrogen-bond donors (Lipinski definition) is 2. The average molecular weight is 313 g/mol. The molecule has 0 heterocycles. The quantitative estimate of drug-likeness (QED) is 0.851. The molecular weight excluding hydrogens is 300 g/mol. The van der Waals surface area contributed by atoms with E-state index in [1.807, 2.05) is 0 Å². The Labute approximate surface area is 122 Å². The summed E-state index contributed by atoms with van der Waals surface area (Å²) in [6.07, 6.45) is 0. The van der Waals surface area contributed by atoms with Crippen LogP contribution in [0, 0.1) is 0 Å². The number of ether oxygens (including phenoxy) is 1. The Morgan fingerprint density at radius 2 is 1.80 bits per heavy atom. The highest BCUT2D eigenvalue weighted by atomic mass is 35.5. The molecule has 2 aromatic carbocycles. The number of benzene rings is 2. The summed E-state index contributed by atoms with van der Waals surface area (Å²) < 4.78 is 31.8. The van der Waals surface area contributed by atoms with Gasteiger partial charge in [0.15, 0.2) is 0 Å². The van der Waals surface area contributed by atoms with Crippen molar-refractivity contribution in [3.8, 4) is 5.75 Å². The van der Waals surface area contributed by atoms with Gasteiger partial charge in [0.1, 0.15) is 5.75 Å².